The molecule has 26 heavy (non-hydrogen) atoms. The summed E-state index contributed by atoms with van der Waals surface area (Å²) in [6.45, 7) is 14.2. The highest BCUT2D eigenvalue weighted by molar-refractivity contribution is 5.69. The van der Waals surface area contributed by atoms with Crippen molar-refractivity contribution < 1.29 is 14.3 Å². The van der Waals surface area contributed by atoms with Gasteiger partial charge in [-0.3, -0.25) is 9.80 Å². The van der Waals surface area contributed by atoms with Crippen molar-refractivity contribution in [1.82, 2.24) is 9.80 Å². The molecule has 0 N–H and O–H groups in total. The Morgan fingerprint density at radius 3 is 2.23 bits per heavy atom. The fraction of sp³-hybridized carbons (Fsp3) is 0.667. The van der Waals surface area contributed by atoms with Crippen molar-refractivity contribution >= 4 is 6.09 Å². The summed E-state index contributed by atoms with van der Waals surface area (Å²) < 4.78 is 11.5. The first-order valence-electron chi connectivity index (χ1n) is 9.32. The van der Waals surface area contributed by atoms with E-state index in [4.69, 9.17) is 9.47 Å². The molecule has 0 aliphatic carbocycles. The Morgan fingerprint density at radius 2 is 1.73 bits per heavy atom. The summed E-state index contributed by atoms with van der Waals surface area (Å²) in [4.78, 5) is 17.2. The number of ether oxygens (including phenoxy) is 2. The SMILES string of the molecule is CO[C@@H]1CN(Cc2ccccc2)C[C@H]1N(C(=O)OC(C)(C)C)C(C)(C)C. The minimum Gasteiger partial charge on any atom is -0.444 e. The van der Waals surface area contributed by atoms with Crippen molar-refractivity contribution in [3.63, 3.8) is 0 Å². The molecule has 146 valence electrons. The molecule has 1 saturated heterocycles. The van der Waals surface area contributed by atoms with Gasteiger partial charge in [-0.05, 0) is 47.1 Å². The zero-order chi connectivity index (χ0) is 19.5. The number of carbonyl (C=O) groups excluding carboxylic acids is 1. The van der Waals surface area contributed by atoms with Crippen molar-refractivity contribution in [2.24, 2.45) is 0 Å². The summed E-state index contributed by atoms with van der Waals surface area (Å²) in [5, 5.41) is 0. The maximum absolute atomic E-state index is 12.9. The highest BCUT2D eigenvalue weighted by atomic mass is 16.6. The number of benzene rings is 1. The van der Waals surface area contributed by atoms with E-state index in [1.807, 2.05) is 52.5 Å². The molecule has 0 unspecified atom stereocenters. The molecular weight excluding hydrogens is 328 g/mol. The molecule has 1 aromatic carbocycles. The Balaban J connectivity index is 2.19. The van der Waals surface area contributed by atoms with Crippen LogP contribution in [0.25, 0.3) is 0 Å². The van der Waals surface area contributed by atoms with E-state index in [-0.39, 0.29) is 23.8 Å². The zero-order valence-electron chi connectivity index (χ0n) is 17.3. The molecule has 0 spiro atoms. The number of methoxy groups -OCH3 is 1. The fourth-order valence-electron chi connectivity index (χ4n) is 3.50. The molecule has 1 heterocycles. The Hall–Kier alpha value is -1.59. The van der Waals surface area contributed by atoms with Gasteiger partial charge in [0.15, 0.2) is 0 Å². The van der Waals surface area contributed by atoms with Gasteiger partial charge in [-0.1, -0.05) is 30.3 Å². The normalized spacial score (nSPS) is 21.7. The van der Waals surface area contributed by atoms with Gasteiger partial charge >= 0.3 is 6.09 Å². The van der Waals surface area contributed by atoms with Gasteiger partial charge in [0.1, 0.15) is 5.60 Å². The van der Waals surface area contributed by atoms with Crippen LogP contribution in [0.4, 0.5) is 4.79 Å². The topological polar surface area (TPSA) is 42.0 Å². The van der Waals surface area contributed by atoms with Gasteiger partial charge < -0.3 is 9.47 Å². The lowest BCUT2D eigenvalue weighted by Crippen LogP contribution is -2.57. The molecule has 2 rings (SSSR count). The first-order valence-corrected chi connectivity index (χ1v) is 9.32. The standard InChI is InChI=1S/C21H34N2O3/c1-20(2,3)23(19(24)26-21(4,5)6)17-14-22(15-18(17)25-7)13-16-11-9-8-10-12-16/h8-12,17-18H,13-15H2,1-7H3/t17-,18-/m1/s1. The van der Waals surface area contributed by atoms with Crippen molar-refractivity contribution in [2.75, 3.05) is 20.2 Å². The summed E-state index contributed by atoms with van der Waals surface area (Å²) in [6, 6.07) is 10.4. The van der Waals surface area contributed by atoms with Crippen molar-refractivity contribution in [1.29, 1.82) is 0 Å². The predicted molar refractivity (Wildman–Crippen MR) is 104 cm³/mol. The number of hydrogen-bond donors (Lipinski definition) is 0. The largest absolute Gasteiger partial charge is 0.444 e. The third-order valence-corrected chi connectivity index (χ3v) is 4.51. The molecule has 0 bridgehead atoms. The van der Waals surface area contributed by atoms with Gasteiger partial charge in [0, 0.05) is 32.3 Å². The number of amides is 1. The molecular formula is C21H34N2O3. The van der Waals surface area contributed by atoms with Gasteiger partial charge in [0.25, 0.3) is 0 Å². The average Bonchev–Trinajstić information content (AvgIpc) is 2.87. The van der Waals surface area contributed by atoms with Crippen LogP contribution in [0.5, 0.6) is 0 Å². The molecule has 1 amide bonds. The second kappa shape index (κ2) is 7.97. The van der Waals surface area contributed by atoms with Crippen molar-refractivity contribution in [2.45, 2.75) is 71.4 Å². The third-order valence-electron chi connectivity index (χ3n) is 4.51. The predicted octanol–water partition coefficient (Wildman–Crippen LogP) is 3.92. The quantitative estimate of drug-likeness (QED) is 0.814. The van der Waals surface area contributed by atoms with Crippen LogP contribution in [-0.2, 0) is 16.0 Å². The summed E-state index contributed by atoms with van der Waals surface area (Å²) in [5.41, 5.74) is 0.389. The van der Waals surface area contributed by atoms with Gasteiger partial charge in [0.05, 0.1) is 12.1 Å². The molecule has 0 radical (unpaired) electrons. The highest BCUT2D eigenvalue weighted by Gasteiger charge is 2.44. The molecule has 0 saturated carbocycles. The second-order valence-electron chi connectivity index (χ2n) is 9.04. The smallest absolute Gasteiger partial charge is 0.411 e. The van der Waals surface area contributed by atoms with Gasteiger partial charge in [-0.2, -0.15) is 0 Å². The molecule has 0 aromatic heterocycles. The first kappa shape index (κ1) is 20.7. The molecule has 5 nitrogen and oxygen atoms in total. The highest BCUT2D eigenvalue weighted by Crippen LogP contribution is 2.28. The first-order chi connectivity index (χ1) is 12.0. The lowest BCUT2D eigenvalue weighted by atomic mass is 10.0. The van der Waals surface area contributed by atoms with Gasteiger partial charge in [0.2, 0.25) is 0 Å². The van der Waals surface area contributed by atoms with Crippen LogP contribution in [-0.4, -0.2) is 59.4 Å². The summed E-state index contributed by atoms with van der Waals surface area (Å²) in [5.74, 6) is 0. The van der Waals surface area contributed by atoms with Crippen LogP contribution in [0.1, 0.15) is 47.1 Å². The average molecular weight is 363 g/mol. The fourth-order valence-corrected chi connectivity index (χ4v) is 3.50. The van der Waals surface area contributed by atoms with E-state index < -0.39 is 5.60 Å². The monoisotopic (exact) mass is 362 g/mol. The maximum atomic E-state index is 12.9. The number of hydrogen-bond acceptors (Lipinski definition) is 4. The molecule has 2 atom stereocenters. The van der Waals surface area contributed by atoms with Crippen LogP contribution in [0.3, 0.4) is 0 Å². The van der Waals surface area contributed by atoms with E-state index >= 15 is 0 Å². The Kier molecular flexibility index (Phi) is 6.35. The summed E-state index contributed by atoms with van der Waals surface area (Å²) in [6.07, 6.45) is -0.316. The molecule has 1 aliphatic heterocycles. The van der Waals surface area contributed by atoms with E-state index in [9.17, 15) is 4.79 Å². The van der Waals surface area contributed by atoms with Gasteiger partial charge in [-0.25, -0.2) is 4.79 Å². The lowest BCUT2D eigenvalue weighted by Gasteiger charge is -2.42. The van der Waals surface area contributed by atoms with E-state index in [1.165, 1.54) is 5.56 Å². The van der Waals surface area contributed by atoms with E-state index in [1.54, 1.807) is 7.11 Å². The van der Waals surface area contributed by atoms with Crippen LogP contribution < -0.4 is 0 Å². The maximum Gasteiger partial charge on any atom is 0.411 e. The Morgan fingerprint density at radius 1 is 1.12 bits per heavy atom. The third kappa shape index (κ3) is 5.45. The van der Waals surface area contributed by atoms with Crippen molar-refractivity contribution in [3.8, 4) is 0 Å². The minimum atomic E-state index is -0.522. The molecule has 5 heteroatoms. The van der Waals surface area contributed by atoms with Crippen LogP contribution in [0.15, 0.2) is 30.3 Å². The van der Waals surface area contributed by atoms with Crippen LogP contribution in [0, 0.1) is 0 Å². The van der Waals surface area contributed by atoms with E-state index in [0.717, 1.165) is 19.6 Å². The molecule has 1 fully saturated rings. The minimum absolute atomic E-state index is 0.0366. The molecule has 1 aliphatic rings. The Bertz CT molecular complexity index is 590. The van der Waals surface area contributed by atoms with Crippen LogP contribution in [0.2, 0.25) is 0 Å². The van der Waals surface area contributed by atoms with Gasteiger partial charge in [-0.15, -0.1) is 0 Å². The Labute approximate surface area is 158 Å². The van der Waals surface area contributed by atoms with E-state index in [2.05, 4.69) is 29.2 Å². The number of rotatable bonds is 4. The zero-order valence-corrected chi connectivity index (χ0v) is 17.3. The lowest BCUT2D eigenvalue weighted by molar-refractivity contribution is -0.0300. The number of nitrogens with zero attached hydrogens (tertiary/aromatic N) is 2. The number of carbonyl (C=O) groups is 1. The number of likely N-dealkylation sites (tertiary alicyclic amines) is 1. The van der Waals surface area contributed by atoms with Crippen LogP contribution >= 0.6 is 0 Å². The summed E-state index contributed by atoms with van der Waals surface area (Å²) in [7, 11) is 1.72. The van der Waals surface area contributed by atoms with Crippen molar-refractivity contribution in [3.05, 3.63) is 35.9 Å². The van der Waals surface area contributed by atoms with E-state index in [0.29, 0.717) is 0 Å². The second-order valence-corrected chi connectivity index (χ2v) is 9.04. The molecule has 1 aromatic rings. The summed E-state index contributed by atoms with van der Waals surface area (Å²) >= 11 is 0.